The van der Waals surface area contributed by atoms with E-state index >= 15 is 0 Å². The summed E-state index contributed by atoms with van der Waals surface area (Å²) in [5, 5.41) is 4.42. The molecule has 0 unspecified atom stereocenters. The molecule has 0 atom stereocenters. The zero-order valence-electron chi connectivity index (χ0n) is 12.9. The Hall–Kier alpha value is -2.67. The summed E-state index contributed by atoms with van der Waals surface area (Å²) in [6, 6.07) is 6.32. The van der Waals surface area contributed by atoms with E-state index in [9.17, 15) is 14.4 Å². The number of halogens is 1. The van der Waals surface area contributed by atoms with E-state index in [2.05, 4.69) is 5.10 Å². The van der Waals surface area contributed by atoms with Gasteiger partial charge in [-0.05, 0) is 24.3 Å². The molecule has 0 amide bonds. The predicted molar refractivity (Wildman–Crippen MR) is 87.2 cm³/mol. The highest BCUT2D eigenvalue weighted by Gasteiger charge is 2.16. The molecule has 0 bridgehead atoms. The molecular weight excluding hydrogens is 320 g/mol. The van der Waals surface area contributed by atoms with E-state index in [-0.39, 0.29) is 5.69 Å². The van der Waals surface area contributed by atoms with Gasteiger partial charge in [-0.1, -0.05) is 11.6 Å². The van der Waals surface area contributed by atoms with Crippen molar-refractivity contribution >= 4 is 17.4 Å². The molecule has 1 aromatic heterocycles. The Labute approximate surface area is 137 Å². The largest absolute Gasteiger partial charge is 0.383 e. The van der Waals surface area contributed by atoms with Crippen molar-refractivity contribution in [1.82, 2.24) is 19.2 Å². The molecule has 0 aliphatic rings. The van der Waals surface area contributed by atoms with Crippen molar-refractivity contribution in [3.05, 3.63) is 68.1 Å². The van der Waals surface area contributed by atoms with Gasteiger partial charge in [0.2, 0.25) is 5.78 Å². The first-order valence-electron chi connectivity index (χ1n) is 6.66. The van der Waals surface area contributed by atoms with Crippen LogP contribution in [0.15, 0.2) is 46.1 Å². The van der Waals surface area contributed by atoms with Gasteiger partial charge in [-0.3, -0.25) is 14.2 Å². The van der Waals surface area contributed by atoms with Gasteiger partial charge in [0.25, 0.3) is 5.56 Å². The van der Waals surface area contributed by atoms with Crippen LogP contribution in [0.5, 0.6) is 0 Å². The highest BCUT2D eigenvalue weighted by Crippen LogP contribution is 2.11. The summed E-state index contributed by atoms with van der Waals surface area (Å²) >= 11 is 5.82. The third kappa shape index (κ3) is 3.57. The van der Waals surface area contributed by atoms with Gasteiger partial charge in [-0.2, -0.15) is 9.78 Å². The Bertz CT molecular complexity index is 879. The molecule has 0 fully saturated rings. The summed E-state index contributed by atoms with van der Waals surface area (Å²) in [5.74, 6) is -0.581. The maximum absolute atomic E-state index is 12.2. The minimum atomic E-state index is -0.742. The molecule has 7 nitrogen and oxygen atoms in total. The van der Waals surface area contributed by atoms with E-state index in [1.807, 2.05) is 0 Å². The van der Waals surface area contributed by atoms with Gasteiger partial charge in [0.15, 0.2) is 5.69 Å². The van der Waals surface area contributed by atoms with E-state index in [1.165, 1.54) is 19.3 Å². The average Bonchev–Trinajstić information content (AvgIpc) is 2.52. The molecule has 0 N–H and O–H groups in total. The maximum atomic E-state index is 12.2. The molecule has 2 rings (SSSR count). The first kappa shape index (κ1) is 16.7. The number of hydrogen-bond donors (Lipinski definition) is 0. The fourth-order valence-corrected chi connectivity index (χ4v) is 1.90. The molecule has 2 aromatic rings. The van der Waals surface area contributed by atoms with Crippen molar-refractivity contribution in [3.63, 3.8) is 0 Å². The van der Waals surface area contributed by atoms with Crippen LogP contribution in [0.4, 0.5) is 0 Å². The van der Waals surface area contributed by atoms with Crippen molar-refractivity contribution in [2.24, 2.45) is 7.05 Å². The highest BCUT2D eigenvalue weighted by molar-refractivity contribution is 6.30. The summed E-state index contributed by atoms with van der Waals surface area (Å²) < 4.78 is 1.84. The summed E-state index contributed by atoms with van der Waals surface area (Å²) in [5.41, 5.74) is -1.32. The zero-order valence-corrected chi connectivity index (χ0v) is 13.6. The van der Waals surface area contributed by atoms with E-state index < -0.39 is 17.0 Å². The molecule has 0 radical (unpaired) electrons. The summed E-state index contributed by atoms with van der Waals surface area (Å²) in [6.07, 6.45) is 2.72. The molecule has 0 aliphatic heterocycles. The molecule has 0 aliphatic carbocycles. The number of nitrogens with zero attached hydrogens (tertiary/aromatic N) is 4. The van der Waals surface area contributed by atoms with Crippen LogP contribution in [-0.4, -0.2) is 39.1 Å². The smallest absolute Gasteiger partial charge is 0.351 e. The molecular formula is C15H15ClN4O3. The van der Waals surface area contributed by atoms with Crippen molar-refractivity contribution in [2.75, 3.05) is 14.1 Å². The highest BCUT2D eigenvalue weighted by atomic mass is 35.5. The monoisotopic (exact) mass is 334 g/mol. The minimum absolute atomic E-state index is 0.333. The number of allylic oxidation sites excluding steroid dienone is 1. The van der Waals surface area contributed by atoms with E-state index in [4.69, 9.17) is 11.6 Å². The van der Waals surface area contributed by atoms with Crippen molar-refractivity contribution < 1.29 is 4.79 Å². The standard InChI is InChI=1S/C15H15ClN4O3/c1-18(2)9-8-12(21)13-14(22)19(3)15(23)20(17-13)11-6-4-10(16)5-7-11/h4-9H,1-3H3/b9-8+. The lowest BCUT2D eigenvalue weighted by molar-refractivity contribution is 0.103. The molecule has 0 spiro atoms. The van der Waals surface area contributed by atoms with Crippen LogP contribution in [-0.2, 0) is 7.05 Å². The van der Waals surface area contributed by atoms with Crippen LogP contribution in [0, 0.1) is 0 Å². The molecule has 23 heavy (non-hydrogen) atoms. The Morgan fingerprint density at radius 3 is 2.39 bits per heavy atom. The number of ketones is 1. The minimum Gasteiger partial charge on any atom is -0.383 e. The zero-order chi connectivity index (χ0) is 17.1. The van der Waals surface area contributed by atoms with E-state index in [0.29, 0.717) is 10.7 Å². The van der Waals surface area contributed by atoms with Crippen molar-refractivity contribution in [1.29, 1.82) is 0 Å². The third-order valence-electron chi connectivity index (χ3n) is 3.00. The SMILES string of the molecule is CN(C)/C=C/C(=O)c1nn(-c2ccc(Cl)cc2)c(=O)n(C)c1=O. The quantitative estimate of drug-likeness (QED) is 0.611. The molecule has 0 saturated heterocycles. The Morgan fingerprint density at radius 2 is 1.83 bits per heavy atom. The summed E-state index contributed by atoms with van der Waals surface area (Å²) in [6.45, 7) is 0. The molecule has 120 valence electrons. The number of carbonyl (C=O) groups is 1. The van der Waals surface area contributed by atoms with E-state index in [1.54, 1.807) is 43.3 Å². The Balaban J connectivity index is 2.62. The van der Waals surface area contributed by atoms with Crippen LogP contribution in [0.25, 0.3) is 5.69 Å². The van der Waals surface area contributed by atoms with Crippen molar-refractivity contribution in [2.45, 2.75) is 0 Å². The lowest BCUT2D eigenvalue weighted by Crippen LogP contribution is -2.42. The maximum Gasteiger partial charge on any atom is 0.351 e. The number of carbonyl (C=O) groups excluding carboxylic acids is 1. The van der Waals surface area contributed by atoms with Gasteiger partial charge in [-0.25, -0.2) is 4.79 Å². The van der Waals surface area contributed by atoms with Crippen LogP contribution in [0.1, 0.15) is 10.5 Å². The lowest BCUT2D eigenvalue weighted by atomic mass is 10.3. The fraction of sp³-hybridized carbons (Fsp3) is 0.200. The molecule has 0 saturated carbocycles. The number of rotatable bonds is 4. The van der Waals surface area contributed by atoms with E-state index in [0.717, 1.165) is 9.25 Å². The first-order valence-corrected chi connectivity index (χ1v) is 7.04. The second-order valence-corrected chi connectivity index (χ2v) is 5.46. The number of benzene rings is 1. The van der Waals surface area contributed by atoms with Gasteiger partial charge >= 0.3 is 5.69 Å². The topological polar surface area (TPSA) is 77.2 Å². The summed E-state index contributed by atoms with van der Waals surface area (Å²) in [7, 11) is 4.78. The predicted octanol–water partition coefficient (Wildman–Crippen LogP) is 0.843. The first-order chi connectivity index (χ1) is 10.8. The summed E-state index contributed by atoms with van der Waals surface area (Å²) in [4.78, 5) is 38.1. The molecule has 1 heterocycles. The second-order valence-electron chi connectivity index (χ2n) is 5.03. The van der Waals surface area contributed by atoms with Crippen LogP contribution in [0.2, 0.25) is 5.02 Å². The fourth-order valence-electron chi connectivity index (χ4n) is 1.77. The van der Waals surface area contributed by atoms with Gasteiger partial charge < -0.3 is 4.90 Å². The van der Waals surface area contributed by atoms with Gasteiger partial charge in [0.1, 0.15) is 0 Å². The molecule has 8 heteroatoms. The van der Waals surface area contributed by atoms with Crippen LogP contribution in [0.3, 0.4) is 0 Å². The van der Waals surface area contributed by atoms with Gasteiger partial charge in [0, 0.05) is 38.4 Å². The molecule has 1 aromatic carbocycles. The Kier molecular flexibility index (Phi) is 4.80. The van der Waals surface area contributed by atoms with Crippen LogP contribution < -0.4 is 11.2 Å². The van der Waals surface area contributed by atoms with Crippen LogP contribution >= 0.6 is 11.6 Å². The average molecular weight is 335 g/mol. The normalized spacial score (nSPS) is 11.0. The second kappa shape index (κ2) is 6.62. The number of hydrogen-bond acceptors (Lipinski definition) is 5. The van der Waals surface area contributed by atoms with Gasteiger partial charge in [-0.15, -0.1) is 0 Å². The third-order valence-corrected chi connectivity index (χ3v) is 3.26. The van der Waals surface area contributed by atoms with Crippen molar-refractivity contribution in [3.8, 4) is 5.69 Å². The lowest BCUT2D eigenvalue weighted by Gasteiger charge is -2.08. The number of aromatic nitrogens is 3. The Morgan fingerprint density at radius 1 is 1.22 bits per heavy atom. The van der Waals surface area contributed by atoms with Gasteiger partial charge in [0.05, 0.1) is 5.69 Å².